The van der Waals surface area contributed by atoms with Crippen molar-refractivity contribution < 1.29 is 27.1 Å². The molecule has 0 radical (unpaired) electrons. The Kier molecular flexibility index (Phi) is 8.53. The molecule has 0 saturated carbocycles. The lowest BCUT2D eigenvalue weighted by Gasteiger charge is -2.15. The molecule has 8 heteroatoms. The number of urea groups is 1. The summed E-state index contributed by atoms with van der Waals surface area (Å²) in [5.74, 6) is -4.17. The van der Waals surface area contributed by atoms with Crippen LogP contribution in [-0.2, 0) is 11.3 Å². The normalized spacial score (nSPS) is 11.6. The third-order valence-corrected chi connectivity index (χ3v) is 3.13. The van der Waals surface area contributed by atoms with E-state index in [4.69, 9.17) is 0 Å². The van der Waals surface area contributed by atoms with Crippen LogP contribution in [0.2, 0.25) is 0 Å². The molecule has 0 aromatic heterocycles. The third-order valence-electron chi connectivity index (χ3n) is 3.13. The average Bonchev–Trinajstić information content (AvgIpc) is 2.51. The minimum absolute atomic E-state index is 0.254. The third kappa shape index (κ3) is 7.63. The topological polar surface area (TPSA) is 50.4 Å². The number of rotatable bonds is 10. The Hall–Kier alpha value is -1.83. The van der Waals surface area contributed by atoms with Gasteiger partial charge >= 0.3 is 18.4 Å². The van der Waals surface area contributed by atoms with Gasteiger partial charge in [-0.15, -0.1) is 0 Å². The number of carbonyl (C=O) groups excluding carboxylic acids is 1. The lowest BCUT2D eigenvalue weighted by molar-refractivity contribution is -0.168. The molecule has 24 heavy (non-hydrogen) atoms. The van der Waals surface area contributed by atoms with E-state index in [2.05, 4.69) is 22.3 Å². The van der Waals surface area contributed by atoms with Crippen LogP contribution in [0.1, 0.15) is 31.7 Å². The van der Waals surface area contributed by atoms with E-state index in [9.17, 15) is 22.4 Å². The standard InChI is InChI=1S/C16H22F4N2O2/c1-2-3-4-8-21-15(23)22-13-7-5-6-12(9-13)10-24-11-16(19,20)14(17)18/h5-7,9,14H,2-4,8,10-11H2,1H3,(H2,21,22,23). The number of hydrogen-bond acceptors (Lipinski definition) is 2. The molecule has 0 saturated heterocycles. The summed E-state index contributed by atoms with van der Waals surface area (Å²) >= 11 is 0. The molecule has 0 atom stereocenters. The number of carbonyl (C=O) groups is 1. The van der Waals surface area contributed by atoms with Crippen molar-refractivity contribution in [1.29, 1.82) is 0 Å². The first-order valence-electron chi connectivity index (χ1n) is 7.72. The van der Waals surface area contributed by atoms with Crippen LogP contribution in [-0.4, -0.2) is 31.5 Å². The minimum atomic E-state index is -4.17. The lowest BCUT2D eigenvalue weighted by Crippen LogP contribution is -2.32. The maximum atomic E-state index is 12.7. The van der Waals surface area contributed by atoms with E-state index in [1.165, 1.54) is 6.07 Å². The van der Waals surface area contributed by atoms with Gasteiger partial charge in [0.15, 0.2) is 0 Å². The number of hydrogen-bond donors (Lipinski definition) is 2. The number of alkyl halides is 4. The number of unbranched alkanes of at least 4 members (excludes halogenated alkanes) is 2. The van der Waals surface area contributed by atoms with Crippen molar-refractivity contribution >= 4 is 11.7 Å². The summed E-state index contributed by atoms with van der Waals surface area (Å²) in [5.41, 5.74) is 0.952. The van der Waals surface area contributed by atoms with Gasteiger partial charge in [-0.25, -0.2) is 13.6 Å². The van der Waals surface area contributed by atoms with E-state index in [1.54, 1.807) is 18.2 Å². The second-order valence-corrected chi connectivity index (χ2v) is 5.34. The Bertz CT molecular complexity index is 513. The van der Waals surface area contributed by atoms with Crippen molar-refractivity contribution in [1.82, 2.24) is 5.32 Å². The van der Waals surface area contributed by atoms with Crippen molar-refractivity contribution in [3.8, 4) is 0 Å². The van der Waals surface area contributed by atoms with Gasteiger partial charge < -0.3 is 15.4 Å². The highest BCUT2D eigenvalue weighted by Gasteiger charge is 2.40. The molecule has 0 bridgehead atoms. The van der Waals surface area contributed by atoms with Crippen molar-refractivity contribution in [2.24, 2.45) is 0 Å². The minimum Gasteiger partial charge on any atom is -0.370 e. The van der Waals surface area contributed by atoms with Crippen molar-refractivity contribution in [2.75, 3.05) is 18.5 Å². The number of anilines is 1. The van der Waals surface area contributed by atoms with Crippen LogP contribution in [0.25, 0.3) is 0 Å². The molecule has 4 nitrogen and oxygen atoms in total. The predicted molar refractivity (Wildman–Crippen MR) is 83.6 cm³/mol. The zero-order valence-corrected chi connectivity index (χ0v) is 13.5. The molecule has 0 unspecified atom stereocenters. The molecule has 0 aliphatic heterocycles. The molecule has 0 heterocycles. The highest BCUT2D eigenvalue weighted by Crippen LogP contribution is 2.23. The first-order chi connectivity index (χ1) is 11.3. The van der Waals surface area contributed by atoms with Crippen LogP contribution in [0.15, 0.2) is 24.3 Å². The summed E-state index contributed by atoms with van der Waals surface area (Å²) in [4.78, 5) is 11.7. The van der Waals surface area contributed by atoms with Gasteiger partial charge in [0.1, 0.15) is 6.61 Å². The summed E-state index contributed by atoms with van der Waals surface area (Å²) in [6.45, 7) is 1.01. The fourth-order valence-corrected chi connectivity index (χ4v) is 1.86. The molecule has 0 spiro atoms. The Morgan fingerprint density at radius 2 is 2.04 bits per heavy atom. The van der Waals surface area contributed by atoms with Gasteiger partial charge in [0.2, 0.25) is 0 Å². The number of amides is 2. The van der Waals surface area contributed by atoms with Gasteiger partial charge in [0.05, 0.1) is 6.61 Å². The molecule has 1 aromatic carbocycles. The molecule has 136 valence electrons. The summed E-state index contributed by atoms with van der Waals surface area (Å²) in [6, 6.07) is 5.99. The molecule has 1 rings (SSSR count). The maximum Gasteiger partial charge on any atom is 0.330 e. The van der Waals surface area contributed by atoms with E-state index in [1.807, 2.05) is 0 Å². The van der Waals surface area contributed by atoms with Gasteiger partial charge in [-0.05, 0) is 24.1 Å². The Labute approximate surface area is 138 Å². The Balaban J connectivity index is 2.42. The van der Waals surface area contributed by atoms with E-state index >= 15 is 0 Å². The SMILES string of the molecule is CCCCCNC(=O)Nc1cccc(COCC(F)(F)C(F)F)c1. The second kappa shape index (κ2) is 10.1. The first kappa shape index (κ1) is 20.2. The van der Waals surface area contributed by atoms with Crippen LogP contribution >= 0.6 is 0 Å². The molecular formula is C16H22F4N2O2. The van der Waals surface area contributed by atoms with E-state index in [0.717, 1.165) is 19.3 Å². The smallest absolute Gasteiger partial charge is 0.330 e. The number of ether oxygens (including phenoxy) is 1. The van der Waals surface area contributed by atoms with Crippen LogP contribution in [0.5, 0.6) is 0 Å². The van der Waals surface area contributed by atoms with Crippen LogP contribution < -0.4 is 10.6 Å². The van der Waals surface area contributed by atoms with Gasteiger partial charge in [0, 0.05) is 12.2 Å². The predicted octanol–water partition coefficient (Wildman–Crippen LogP) is 4.42. The Morgan fingerprint density at radius 1 is 1.29 bits per heavy atom. The zero-order valence-electron chi connectivity index (χ0n) is 13.5. The highest BCUT2D eigenvalue weighted by molar-refractivity contribution is 5.89. The van der Waals surface area contributed by atoms with Crippen LogP contribution in [0.3, 0.4) is 0 Å². The van der Waals surface area contributed by atoms with Gasteiger partial charge in [-0.1, -0.05) is 31.9 Å². The van der Waals surface area contributed by atoms with Crippen LogP contribution in [0.4, 0.5) is 28.0 Å². The largest absolute Gasteiger partial charge is 0.370 e. The summed E-state index contributed by atoms with van der Waals surface area (Å²) in [7, 11) is 0. The summed E-state index contributed by atoms with van der Waals surface area (Å²) in [5, 5.41) is 5.31. The quantitative estimate of drug-likeness (QED) is 0.485. The zero-order chi connectivity index (χ0) is 18.0. The molecule has 0 aliphatic rings. The van der Waals surface area contributed by atoms with E-state index < -0.39 is 19.0 Å². The van der Waals surface area contributed by atoms with Gasteiger partial charge in [-0.2, -0.15) is 8.78 Å². The number of nitrogens with one attached hydrogen (secondary N) is 2. The van der Waals surface area contributed by atoms with E-state index in [0.29, 0.717) is 17.8 Å². The monoisotopic (exact) mass is 350 g/mol. The average molecular weight is 350 g/mol. The highest BCUT2D eigenvalue weighted by atomic mass is 19.3. The molecule has 1 aromatic rings. The van der Waals surface area contributed by atoms with E-state index in [-0.39, 0.29) is 12.6 Å². The molecule has 0 fully saturated rings. The fraction of sp³-hybridized carbons (Fsp3) is 0.562. The number of halogens is 4. The second-order valence-electron chi connectivity index (χ2n) is 5.34. The Morgan fingerprint density at radius 3 is 2.71 bits per heavy atom. The summed E-state index contributed by atoms with van der Waals surface area (Å²) < 4.78 is 54.1. The van der Waals surface area contributed by atoms with Gasteiger partial charge in [0.25, 0.3) is 0 Å². The molecular weight excluding hydrogens is 328 g/mol. The lowest BCUT2D eigenvalue weighted by atomic mass is 10.2. The van der Waals surface area contributed by atoms with Gasteiger partial charge in [-0.3, -0.25) is 0 Å². The fourth-order valence-electron chi connectivity index (χ4n) is 1.86. The molecule has 2 N–H and O–H groups in total. The van der Waals surface area contributed by atoms with Crippen molar-refractivity contribution in [3.63, 3.8) is 0 Å². The maximum absolute atomic E-state index is 12.7. The summed E-state index contributed by atoms with van der Waals surface area (Å²) in [6.07, 6.45) is -0.801. The molecule has 0 aliphatic carbocycles. The molecule has 2 amide bonds. The van der Waals surface area contributed by atoms with Crippen LogP contribution in [0, 0.1) is 0 Å². The number of benzene rings is 1. The van der Waals surface area contributed by atoms with Crippen molar-refractivity contribution in [2.45, 2.75) is 45.1 Å². The first-order valence-corrected chi connectivity index (χ1v) is 7.72. The van der Waals surface area contributed by atoms with Crippen molar-refractivity contribution in [3.05, 3.63) is 29.8 Å².